The Morgan fingerprint density at radius 3 is 2.61 bits per heavy atom. The van der Waals surface area contributed by atoms with Crippen LogP contribution in [0.5, 0.6) is 0 Å². The molecule has 0 bridgehead atoms. The highest BCUT2D eigenvalue weighted by atomic mass is 35.5. The fourth-order valence-corrected chi connectivity index (χ4v) is 4.99. The van der Waals surface area contributed by atoms with Crippen LogP contribution in [0.4, 0.5) is 8.78 Å². The van der Waals surface area contributed by atoms with Gasteiger partial charge in [-0.25, -0.2) is 18.4 Å². The highest BCUT2D eigenvalue weighted by Crippen LogP contribution is 2.33. The van der Waals surface area contributed by atoms with E-state index >= 15 is 0 Å². The Hall–Kier alpha value is -2.39. The van der Waals surface area contributed by atoms with Gasteiger partial charge in [-0.15, -0.1) is 0 Å². The third kappa shape index (κ3) is 5.76. The predicted molar refractivity (Wildman–Crippen MR) is 123 cm³/mol. The van der Waals surface area contributed by atoms with Gasteiger partial charge in [0.2, 0.25) is 0 Å². The summed E-state index contributed by atoms with van der Waals surface area (Å²) in [6, 6.07) is 11.2. The van der Waals surface area contributed by atoms with Crippen LogP contribution in [0.2, 0.25) is 5.02 Å². The molecule has 1 unspecified atom stereocenters. The summed E-state index contributed by atoms with van der Waals surface area (Å²) in [4.78, 5) is 8.17. The van der Waals surface area contributed by atoms with Gasteiger partial charge in [-0.1, -0.05) is 35.9 Å². The molecule has 2 heterocycles. The number of aliphatic hydroxyl groups is 1. The standard InChI is InChI=1S/C24H28ClF2N5O/c1-30(17-31-10-8-18(9-11-31)20-4-2-3-5-22(20)25)13-24(33,14-32-16-28-15-29-32)21-7-6-19(26)12-23(21)27/h2-7,12,15-16,18,33H,8-11,13-14,17H2,1H3. The van der Waals surface area contributed by atoms with Crippen molar-refractivity contribution in [3.8, 4) is 0 Å². The number of aromatic nitrogens is 3. The van der Waals surface area contributed by atoms with Crippen LogP contribution in [0.1, 0.15) is 29.9 Å². The molecule has 176 valence electrons. The van der Waals surface area contributed by atoms with Gasteiger partial charge < -0.3 is 5.11 Å². The Morgan fingerprint density at radius 2 is 1.94 bits per heavy atom. The number of rotatable bonds is 8. The van der Waals surface area contributed by atoms with Gasteiger partial charge in [0.25, 0.3) is 0 Å². The molecule has 2 aromatic carbocycles. The minimum absolute atomic E-state index is 0.00548. The lowest BCUT2D eigenvalue weighted by molar-refractivity contribution is -0.0285. The second-order valence-electron chi connectivity index (χ2n) is 8.82. The molecule has 0 amide bonds. The SMILES string of the molecule is CN(CN1CCC(c2ccccc2Cl)CC1)CC(O)(Cn1cncn1)c1ccc(F)cc1F. The van der Waals surface area contributed by atoms with Crippen molar-refractivity contribution >= 4 is 11.6 Å². The number of likely N-dealkylation sites (N-methyl/N-ethyl adjacent to an activating group) is 1. The molecule has 0 spiro atoms. The second-order valence-corrected chi connectivity index (χ2v) is 9.23. The zero-order valence-electron chi connectivity index (χ0n) is 18.5. The maximum atomic E-state index is 14.6. The first kappa shape index (κ1) is 23.8. The lowest BCUT2D eigenvalue weighted by Crippen LogP contribution is -2.48. The molecular formula is C24H28ClF2N5O. The van der Waals surface area contributed by atoms with Crippen molar-refractivity contribution in [3.63, 3.8) is 0 Å². The highest BCUT2D eigenvalue weighted by Gasteiger charge is 2.35. The molecule has 0 radical (unpaired) electrons. The van der Waals surface area contributed by atoms with Gasteiger partial charge in [0.1, 0.15) is 29.9 Å². The van der Waals surface area contributed by atoms with Crippen molar-refractivity contribution in [2.45, 2.75) is 30.9 Å². The maximum absolute atomic E-state index is 14.6. The molecule has 4 rings (SSSR count). The Kier molecular flexibility index (Phi) is 7.38. The van der Waals surface area contributed by atoms with Crippen molar-refractivity contribution < 1.29 is 13.9 Å². The third-order valence-corrected chi connectivity index (χ3v) is 6.57. The monoisotopic (exact) mass is 475 g/mol. The minimum Gasteiger partial charge on any atom is -0.382 e. The fourth-order valence-electron chi connectivity index (χ4n) is 4.70. The first-order valence-electron chi connectivity index (χ1n) is 11.0. The number of piperidine rings is 1. The van der Waals surface area contributed by atoms with E-state index in [9.17, 15) is 13.9 Å². The molecule has 0 aliphatic carbocycles. The number of nitrogens with zero attached hydrogens (tertiary/aromatic N) is 5. The minimum atomic E-state index is -1.61. The van der Waals surface area contributed by atoms with E-state index in [2.05, 4.69) is 21.0 Å². The molecule has 1 N–H and O–H groups in total. The average Bonchev–Trinajstić information content (AvgIpc) is 3.27. The van der Waals surface area contributed by atoms with Gasteiger partial charge in [0.05, 0.1) is 13.2 Å². The smallest absolute Gasteiger partial charge is 0.137 e. The van der Waals surface area contributed by atoms with E-state index in [-0.39, 0.29) is 18.7 Å². The van der Waals surface area contributed by atoms with Crippen LogP contribution in [-0.4, -0.2) is 63.0 Å². The van der Waals surface area contributed by atoms with Crippen LogP contribution < -0.4 is 0 Å². The zero-order chi connectivity index (χ0) is 23.4. The third-order valence-electron chi connectivity index (χ3n) is 6.23. The van der Waals surface area contributed by atoms with E-state index < -0.39 is 17.2 Å². The Labute approximate surface area is 197 Å². The zero-order valence-corrected chi connectivity index (χ0v) is 19.3. The van der Waals surface area contributed by atoms with Crippen LogP contribution >= 0.6 is 11.6 Å². The number of hydrogen-bond donors (Lipinski definition) is 1. The first-order valence-corrected chi connectivity index (χ1v) is 11.4. The summed E-state index contributed by atoms with van der Waals surface area (Å²) in [6.45, 7) is 2.53. The number of hydrogen-bond acceptors (Lipinski definition) is 5. The van der Waals surface area contributed by atoms with Crippen molar-refractivity contribution in [1.29, 1.82) is 0 Å². The summed E-state index contributed by atoms with van der Waals surface area (Å²) in [5.41, 5.74) is -0.388. The molecule has 9 heteroatoms. The van der Waals surface area contributed by atoms with E-state index in [4.69, 9.17) is 11.6 Å². The van der Waals surface area contributed by atoms with Gasteiger partial charge >= 0.3 is 0 Å². The van der Waals surface area contributed by atoms with Crippen LogP contribution in [-0.2, 0) is 12.1 Å². The summed E-state index contributed by atoms with van der Waals surface area (Å²) in [7, 11) is 1.88. The quantitative estimate of drug-likeness (QED) is 0.536. The molecule has 3 aromatic rings. The summed E-state index contributed by atoms with van der Waals surface area (Å²) in [5.74, 6) is -1.04. The van der Waals surface area contributed by atoms with Crippen molar-refractivity contribution in [2.24, 2.45) is 0 Å². The summed E-state index contributed by atoms with van der Waals surface area (Å²) in [6.07, 6.45) is 4.81. The van der Waals surface area contributed by atoms with Crippen LogP contribution in [0.3, 0.4) is 0 Å². The van der Waals surface area contributed by atoms with E-state index in [0.29, 0.717) is 12.6 Å². The number of halogens is 3. The summed E-state index contributed by atoms with van der Waals surface area (Å²) in [5, 5.41) is 16.4. The molecule has 6 nitrogen and oxygen atoms in total. The van der Waals surface area contributed by atoms with Gasteiger partial charge in [-0.05, 0) is 56.6 Å². The van der Waals surface area contributed by atoms with E-state index in [1.54, 1.807) is 0 Å². The second kappa shape index (κ2) is 10.3. The van der Waals surface area contributed by atoms with E-state index in [0.717, 1.165) is 43.1 Å². The van der Waals surface area contributed by atoms with Crippen molar-refractivity contribution in [2.75, 3.05) is 33.4 Å². The maximum Gasteiger partial charge on any atom is 0.137 e. The van der Waals surface area contributed by atoms with E-state index in [1.165, 1.54) is 29.0 Å². The summed E-state index contributed by atoms with van der Waals surface area (Å²) >= 11 is 6.37. The van der Waals surface area contributed by atoms with Crippen LogP contribution in [0, 0.1) is 11.6 Å². The first-order chi connectivity index (χ1) is 15.8. The molecule has 1 saturated heterocycles. The molecule has 1 aromatic heterocycles. The molecule has 1 atom stereocenters. The van der Waals surface area contributed by atoms with Crippen molar-refractivity contribution in [1.82, 2.24) is 24.6 Å². The number of likely N-dealkylation sites (tertiary alicyclic amines) is 1. The van der Waals surface area contributed by atoms with Crippen LogP contribution in [0.25, 0.3) is 0 Å². The fraction of sp³-hybridized carbons (Fsp3) is 0.417. The molecule has 33 heavy (non-hydrogen) atoms. The largest absolute Gasteiger partial charge is 0.382 e. The van der Waals surface area contributed by atoms with E-state index in [1.807, 2.05) is 30.1 Å². The lowest BCUT2D eigenvalue weighted by Gasteiger charge is -2.38. The molecule has 1 aliphatic rings. The predicted octanol–water partition coefficient (Wildman–Crippen LogP) is 3.87. The van der Waals surface area contributed by atoms with Gasteiger partial charge in [0, 0.05) is 23.2 Å². The summed E-state index contributed by atoms with van der Waals surface area (Å²) < 4.78 is 29.6. The molecule has 1 fully saturated rings. The van der Waals surface area contributed by atoms with Gasteiger partial charge in [-0.3, -0.25) is 9.80 Å². The number of benzene rings is 2. The molecule has 0 saturated carbocycles. The van der Waals surface area contributed by atoms with Crippen LogP contribution in [0.15, 0.2) is 55.1 Å². The average molecular weight is 476 g/mol. The highest BCUT2D eigenvalue weighted by molar-refractivity contribution is 6.31. The lowest BCUT2D eigenvalue weighted by atomic mass is 9.89. The van der Waals surface area contributed by atoms with Gasteiger partial charge in [-0.2, -0.15) is 5.10 Å². The normalized spacial score (nSPS) is 17.4. The Bertz CT molecular complexity index is 1060. The topological polar surface area (TPSA) is 57.4 Å². The molecular weight excluding hydrogens is 448 g/mol. The Morgan fingerprint density at radius 1 is 1.18 bits per heavy atom. The van der Waals surface area contributed by atoms with Gasteiger partial charge in [0.15, 0.2) is 0 Å². The Balaban J connectivity index is 1.42. The molecule has 1 aliphatic heterocycles. The van der Waals surface area contributed by atoms with Crippen molar-refractivity contribution in [3.05, 3.63) is 82.9 Å².